The molecule has 1 heterocycles. The van der Waals surface area contributed by atoms with Crippen LogP contribution in [0.15, 0.2) is 54.6 Å². The summed E-state index contributed by atoms with van der Waals surface area (Å²) in [5.41, 5.74) is 1.91. The average molecular weight is 380 g/mol. The topological polar surface area (TPSA) is 58.6 Å². The summed E-state index contributed by atoms with van der Waals surface area (Å²) in [5, 5.41) is 2.69. The Labute approximate surface area is 166 Å². The van der Waals surface area contributed by atoms with Crippen LogP contribution in [0, 0.1) is 0 Å². The normalized spacial score (nSPS) is 15.2. The number of ether oxygens (including phenoxy) is 1. The molecule has 0 spiro atoms. The van der Waals surface area contributed by atoms with Crippen molar-refractivity contribution in [1.29, 1.82) is 0 Å². The first-order valence-corrected chi connectivity index (χ1v) is 9.76. The summed E-state index contributed by atoms with van der Waals surface area (Å²) in [6, 6.07) is 17.5. The van der Waals surface area contributed by atoms with E-state index < -0.39 is 11.7 Å². The molecular formula is C23H28N2O3. The van der Waals surface area contributed by atoms with Gasteiger partial charge in [0.05, 0.1) is 0 Å². The lowest BCUT2D eigenvalue weighted by Crippen LogP contribution is -2.38. The Morgan fingerprint density at radius 3 is 2.32 bits per heavy atom. The largest absolute Gasteiger partial charge is 0.444 e. The minimum atomic E-state index is -0.569. The number of anilines is 1. The number of nitrogens with one attached hydrogen (secondary N) is 1. The fraction of sp³-hybridized carbons (Fsp3) is 0.391. The smallest absolute Gasteiger partial charge is 0.412 e. The van der Waals surface area contributed by atoms with Gasteiger partial charge in [0.25, 0.3) is 5.91 Å². The van der Waals surface area contributed by atoms with Crippen molar-refractivity contribution in [1.82, 2.24) is 4.90 Å². The molecule has 1 fully saturated rings. The van der Waals surface area contributed by atoms with Gasteiger partial charge in [0.2, 0.25) is 0 Å². The zero-order valence-corrected chi connectivity index (χ0v) is 16.8. The lowest BCUT2D eigenvalue weighted by Gasteiger charge is -2.32. The first-order chi connectivity index (χ1) is 13.3. The lowest BCUT2D eigenvalue weighted by molar-refractivity contribution is 0.0634. The van der Waals surface area contributed by atoms with E-state index >= 15 is 0 Å². The molecule has 5 heteroatoms. The van der Waals surface area contributed by atoms with Gasteiger partial charge in [-0.05, 0) is 63.3 Å². The number of benzene rings is 2. The van der Waals surface area contributed by atoms with Crippen LogP contribution in [-0.4, -0.2) is 35.6 Å². The van der Waals surface area contributed by atoms with Crippen LogP contribution < -0.4 is 5.32 Å². The number of carbonyl (C=O) groups is 2. The van der Waals surface area contributed by atoms with Crippen LogP contribution in [0.4, 0.5) is 10.5 Å². The highest BCUT2D eigenvalue weighted by Crippen LogP contribution is 2.28. The van der Waals surface area contributed by atoms with Gasteiger partial charge in [-0.15, -0.1) is 0 Å². The van der Waals surface area contributed by atoms with Crippen molar-refractivity contribution in [2.45, 2.75) is 45.1 Å². The zero-order valence-electron chi connectivity index (χ0n) is 16.8. The van der Waals surface area contributed by atoms with Crippen LogP contribution in [0.2, 0.25) is 0 Å². The van der Waals surface area contributed by atoms with Crippen molar-refractivity contribution >= 4 is 17.7 Å². The molecule has 0 unspecified atom stereocenters. The number of hydrogen-bond acceptors (Lipinski definition) is 3. The van der Waals surface area contributed by atoms with E-state index in [1.54, 1.807) is 24.3 Å². The van der Waals surface area contributed by atoms with Crippen molar-refractivity contribution in [3.05, 3.63) is 65.7 Å². The summed E-state index contributed by atoms with van der Waals surface area (Å²) in [4.78, 5) is 26.7. The second kappa shape index (κ2) is 8.46. The Morgan fingerprint density at radius 2 is 1.68 bits per heavy atom. The van der Waals surface area contributed by atoms with Crippen LogP contribution in [0.3, 0.4) is 0 Å². The van der Waals surface area contributed by atoms with Crippen LogP contribution >= 0.6 is 0 Å². The summed E-state index contributed by atoms with van der Waals surface area (Å²) in [5.74, 6) is 0.504. The maximum absolute atomic E-state index is 12.9. The molecule has 1 aliphatic rings. The summed E-state index contributed by atoms with van der Waals surface area (Å²) in [6.45, 7) is 6.91. The molecule has 0 saturated carbocycles. The quantitative estimate of drug-likeness (QED) is 0.810. The molecule has 2 amide bonds. The highest BCUT2D eigenvalue weighted by Gasteiger charge is 2.25. The number of rotatable bonds is 3. The summed E-state index contributed by atoms with van der Waals surface area (Å²) < 4.78 is 5.27. The van der Waals surface area contributed by atoms with Gasteiger partial charge >= 0.3 is 6.09 Å². The predicted octanol–water partition coefficient (Wildman–Crippen LogP) is 5.05. The van der Waals surface area contributed by atoms with E-state index in [-0.39, 0.29) is 5.91 Å². The molecule has 3 rings (SSSR count). The summed E-state index contributed by atoms with van der Waals surface area (Å²) in [7, 11) is 0. The second-order valence-electron chi connectivity index (χ2n) is 8.18. The molecule has 1 saturated heterocycles. The van der Waals surface area contributed by atoms with Crippen molar-refractivity contribution in [3.8, 4) is 0 Å². The van der Waals surface area contributed by atoms with Crippen molar-refractivity contribution in [2.24, 2.45) is 0 Å². The van der Waals surface area contributed by atoms with Gasteiger partial charge in [0.15, 0.2) is 0 Å². The third kappa shape index (κ3) is 5.35. The van der Waals surface area contributed by atoms with E-state index in [1.807, 2.05) is 31.7 Å². The SMILES string of the molecule is CC(C)(C)OC(=O)Nc1cccc(C(=O)N2CCC(c3ccccc3)CC2)c1. The van der Waals surface area contributed by atoms with Gasteiger partial charge in [-0.25, -0.2) is 4.79 Å². The zero-order chi connectivity index (χ0) is 20.1. The van der Waals surface area contributed by atoms with E-state index in [4.69, 9.17) is 4.74 Å². The number of hydrogen-bond donors (Lipinski definition) is 1. The third-order valence-corrected chi connectivity index (χ3v) is 4.81. The molecule has 0 bridgehead atoms. The van der Waals surface area contributed by atoms with Gasteiger partial charge in [0.1, 0.15) is 5.60 Å². The van der Waals surface area contributed by atoms with Crippen LogP contribution in [0.25, 0.3) is 0 Å². The maximum Gasteiger partial charge on any atom is 0.412 e. The van der Waals surface area contributed by atoms with Crippen molar-refractivity contribution in [2.75, 3.05) is 18.4 Å². The van der Waals surface area contributed by atoms with E-state index in [9.17, 15) is 9.59 Å². The van der Waals surface area contributed by atoms with E-state index in [0.29, 0.717) is 17.2 Å². The first-order valence-electron chi connectivity index (χ1n) is 9.76. The number of amides is 2. The molecule has 28 heavy (non-hydrogen) atoms. The van der Waals surface area contributed by atoms with Crippen LogP contribution in [0.1, 0.15) is 55.5 Å². The Morgan fingerprint density at radius 1 is 1.00 bits per heavy atom. The molecule has 2 aromatic rings. The van der Waals surface area contributed by atoms with E-state index in [1.165, 1.54) is 5.56 Å². The number of nitrogens with zero attached hydrogens (tertiary/aromatic N) is 1. The first kappa shape index (κ1) is 19.9. The number of piperidine rings is 1. The molecule has 0 atom stereocenters. The highest BCUT2D eigenvalue weighted by atomic mass is 16.6. The standard InChI is InChI=1S/C23H28N2O3/c1-23(2,3)28-22(27)24-20-11-7-10-19(16-20)21(26)25-14-12-18(13-15-25)17-8-5-4-6-9-17/h4-11,16,18H,12-15H2,1-3H3,(H,24,27). The van der Waals surface area contributed by atoms with Gasteiger partial charge in [-0.1, -0.05) is 36.4 Å². The fourth-order valence-corrected chi connectivity index (χ4v) is 3.48. The third-order valence-electron chi connectivity index (χ3n) is 4.81. The Hall–Kier alpha value is -2.82. The summed E-state index contributed by atoms with van der Waals surface area (Å²) >= 11 is 0. The molecule has 0 radical (unpaired) electrons. The molecular weight excluding hydrogens is 352 g/mol. The Kier molecular flexibility index (Phi) is 6.02. The Balaban J connectivity index is 1.60. The molecule has 5 nitrogen and oxygen atoms in total. The highest BCUT2D eigenvalue weighted by molar-refractivity contribution is 5.96. The van der Waals surface area contributed by atoms with Crippen molar-refractivity contribution < 1.29 is 14.3 Å². The minimum absolute atomic E-state index is 0.000601. The monoisotopic (exact) mass is 380 g/mol. The van der Waals surface area contributed by atoms with Crippen molar-refractivity contribution in [3.63, 3.8) is 0 Å². The maximum atomic E-state index is 12.9. The molecule has 1 aliphatic heterocycles. The molecule has 148 valence electrons. The van der Waals surface area contributed by atoms with Crippen LogP contribution in [-0.2, 0) is 4.74 Å². The minimum Gasteiger partial charge on any atom is -0.444 e. The Bertz CT molecular complexity index is 819. The summed E-state index contributed by atoms with van der Waals surface area (Å²) in [6.07, 6.45) is 1.40. The predicted molar refractivity (Wildman–Crippen MR) is 111 cm³/mol. The van der Waals surface area contributed by atoms with E-state index in [0.717, 1.165) is 25.9 Å². The fourth-order valence-electron chi connectivity index (χ4n) is 3.48. The molecule has 0 aromatic heterocycles. The lowest BCUT2D eigenvalue weighted by atomic mass is 9.89. The second-order valence-corrected chi connectivity index (χ2v) is 8.18. The van der Waals surface area contributed by atoms with Gasteiger partial charge < -0.3 is 9.64 Å². The van der Waals surface area contributed by atoms with Gasteiger partial charge in [-0.3, -0.25) is 10.1 Å². The molecule has 1 N–H and O–H groups in total. The molecule has 0 aliphatic carbocycles. The van der Waals surface area contributed by atoms with Gasteiger partial charge in [-0.2, -0.15) is 0 Å². The van der Waals surface area contributed by atoms with Crippen LogP contribution in [0.5, 0.6) is 0 Å². The number of carbonyl (C=O) groups excluding carboxylic acids is 2. The van der Waals surface area contributed by atoms with Gasteiger partial charge in [0, 0.05) is 24.3 Å². The number of likely N-dealkylation sites (tertiary alicyclic amines) is 1. The average Bonchev–Trinajstić information content (AvgIpc) is 2.67. The van der Waals surface area contributed by atoms with E-state index in [2.05, 4.69) is 29.6 Å². The molecule has 2 aromatic carbocycles.